The van der Waals surface area contributed by atoms with Gasteiger partial charge in [-0.1, -0.05) is 57.2 Å². The minimum absolute atomic E-state index is 0.0717. The van der Waals surface area contributed by atoms with Crippen molar-refractivity contribution in [1.29, 1.82) is 0 Å². The first kappa shape index (κ1) is 21.1. The Hall–Kier alpha value is -2.63. The molecule has 1 saturated heterocycles. The summed E-state index contributed by atoms with van der Waals surface area (Å²) in [6.45, 7) is 5.75. The Morgan fingerprint density at radius 2 is 1.90 bits per heavy atom. The van der Waals surface area contributed by atoms with E-state index in [4.69, 9.17) is 9.47 Å². The van der Waals surface area contributed by atoms with Crippen LogP contribution >= 0.6 is 0 Å². The van der Waals surface area contributed by atoms with Crippen molar-refractivity contribution < 1.29 is 23.9 Å². The van der Waals surface area contributed by atoms with Crippen molar-refractivity contribution in [3.8, 4) is 0 Å². The Morgan fingerprint density at radius 3 is 2.52 bits per heavy atom. The zero-order valence-corrected chi connectivity index (χ0v) is 17.3. The van der Waals surface area contributed by atoms with E-state index in [2.05, 4.69) is 0 Å². The summed E-state index contributed by atoms with van der Waals surface area (Å²) >= 11 is 0. The number of benzene rings is 1. The summed E-state index contributed by atoms with van der Waals surface area (Å²) in [5.74, 6) is -0.645. The van der Waals surface area contributed by atoms with Crippen molar-refractivity contribution in [1.82, 2.24) is 4.90 Å². The number of hydrogen-bond acceptors (Lipinski definition) is 5. The number of amides is 1. The largest absolute Gasteiger partial charge is 0.444 e. The molecular weight excluding hydrogens is 370 g/mol. The normalized spacial score (nSPS) is 22.1. The Labute approximate surface area is 171 Å². The molecule has 0 saturated carbocycles. The molecule has 6 heteroatoms. The van der Waals surface area contributed by atoms with Gasteiger partial charge in [0.05, 0.1) is 0 Å². The van der Waals surface area contributed by atoms with E-state index in [-0.39, 0.29) is 18.8 Å². The maximum Gasteiger partial charge on any atom is 0.413 e. The molecule has 1 fully saturated rings. The van der Waals surface area contributed by atoms with E-state index >= 15 is 0 Å². The van der Waals surface area contributed by atoms with Crippen molar-refractivity contribution >= 4 is 17.8 Å². The van der Waals surface area contributed by atoms with E-state index in [1.54, 1.807) is 0 Å². The lowest BCUT2D eigenvalue weighted by Crippen LogP contribution is -2.48. The summed E-state index contributed by atoms with van der Waals surface area (Å²) in [7, 11) is 0. The molecule has 0 aromatic heterocycles. The average molecular weight is 399 g/mol. The van der Waals surface area contributed by atoms with Gasteiger partial charge in [0.25, 0.3) is 0 Å². The highest BCUT2D eigenvalue weighted by Gasteiger charge is 2.51. The lowest BCUT2D eigenvalue weighted by Gasteiger charge is -2.33. The van der Waals surface area contributed by atoms with Crippen LogP contribution in [0.3, 0.4) is 0 Å². The predicted octanol–water partition coefficient (Wildman–Crippen LogP) is 4.38. The van der Waals surface area contributed by atoms with Crippen molar-refractivity contribution in [3.63, 3.8) is 0 Å². The zero-order valence-electron chi connectivity index (χ0n) is 17.3. The van der Waals surface area contributed by atoms with Crippen LogP contribution in [0.2, 0.25) is 0 Å². The van der Waals surface area contributed by atoms with Crippen LogP contribution in [-0.4, -0.2) is 35.0 Å². The average Bonchev–Trinajstić information content (AvgIpc) is 3.04. The van der Waals surface area contributed by atoms with E-state index in [9.17, 15) is 14.4 Å². The summed E-state index contributed by atoms with van der Waals surface area (Å²) in [5, 5.41) is 0. The molecule has 1 aromatic rings. The topological polar surface area (TPSA) is 72.9 Å². The van der Waals surface area contributed by atoms with Crippen LogP contribution < -0.4 is 0 Å². The molecule has 156 valence electrons. The van der Waals surface area contributed by atoms with E-state index in [1.165, 1.54) is 4.90 Å². The van der Waals surface area contributed by atoms with Gasteiger partial charge in [0.1, 0.15) is 12.6 Å². The molecule has 0 unspecified atom stereocenters. The van der Waals surface area contributed by atoms with Gasteiger partial charge in [0.2, 0.25) is 0 Å². The van der Waals surface area contributed by atoms with Crippen LogP contribution in [0, 0.1) is 5.41 Å². The van der Waals surface area contributed by atoms with Crippen molar-refractivity contribution in [2.24, 2.45) is 5.41 Å². The summed E-state index contributed by atoms with van der Waals surface area (Å²) in [6.07, 6.45) is 4.10. The molecule has 6 nitrogen and oxygen atoms in total. The molecule has 1 aliphatic carbocycles. The number of cyclic esters (lactones) is 1. The highest BCUT2D eigenvalue weighted by Crippen LogP contribution is 2.35. The summed E-state index contributed by atoms with van der Waals surface area (Å²) in [4.78, 5) is 39.6. The van der Waals surface area contributed by atoms with Crippen LogP contribution in [-0.2, 0) is 25.7 Å². The molecule has 0 spiro atoms. The van der Waals surface area contributed by atoms with Gasteiger partial charge >= 0.3 is 12.1 Å². The number of hydrogen-bond donors (Lipinski definition) is 0. The molecule has 0 bridgehead atoms. The number of rotatable bonds is 5. The summed E-state index contributed by atoms with van der Waals surface area (Å²) in [5.41, 5.74) is 1.09. The second-order valence-corrected chi connectivity index (χ2v) is 8.72. The SMILES string of the molecule is CC(C)(C)[C@@H]1OC(=O)[C@H](CC(=O)C2=CCCCC2)N1C(=O)OCc1ccccc1. The Kier molecular flexibility index (Phi) is 6.40. The molecule has 2 atom stereocenters. The third-order valence-corrected chi connectivity index (χ3v) is 5.27. The molecule has 0 N–H and O–H groups in total. The molecule has 0 radical (unpaired) electrons. The highest BCUT2D eigenvalue weighted by molar-refractivity contribution is 5.99. The second kappa shape index (κ2) is 8.80. The first-order chi connectivity index (χ1) is 13.8. The van der Waals surface area contributed by atoms with E-state index < -0.39 is 29.7 Å². The highest BCUT2D eigenvalue weighted by atomic mass is 16.6. The van der Waals surface area contributed by atoms with Crippen LogP contribution in [0.5, 0.6) is 0 Å². The molecule has 1 aliphatic heterocycles. The van der Waals surface area contributed by atoms with Crippen LogP contribution in [0.25, 0.3) is 0 Å². The van der Waals surface area contributed by atoms with Crippen molar-refractivity contribution in [2.75, 3.05) is 0 Å². The van der Waals surface area contributed by atoms with Gasteiger partial charge < -0.3 is 9.47 Å². The minimum atomic E-state index is -0.960. The summed E-state index contributed by atoms with van der Waals surface area (Å²) in [6, 6.07) is 8.37. The molecule has 3 rings (SSSR count). The standard InChI is InChI=1S/C23H29NO5/c1-23(2,3)21-24(22(27)28-15-16-10-6-4-7-11-16)18(20(26)29-21)14-19(25)17-12-8-5-9-13-17/h4,6-7,10-12,18,21H,5,8-9,13-15H2,1-3H3/t18-,21-/m0/s1. The summed E-state index contributed by atoms with van der Waals surface area (Å²) < 4.78 is 11.0. The number of carbonyl (C=O) groups is 3. The first-order valence-electron chi connectivity index (χ1n) is 10.2. The van der Waals surface area contributed by atoms with Crippen LogP contribution in [0.15, 0.2) is 42.0 Å². The van der Waals surface area contributed by atoms with Crippen LogP contribution in [0.1, 0.15) is 58.4 Å². The Bertz CT molecular complexity index is 793. The molecule has 29 heavy (non-hydrogen) atoms. The van der Waals surface area contributed by atoms with E-state index in [0.29, 0.717) is 0 Å². The van der Waals surface area contributed by atoms with Crippen LogP contribution in [0.4, 0.5) is 4.79 Å². The fraction of sp³-hybridized carbons (Fsp3) is 0.522. The van der Waals surface area contributed by atoms with E-state index in [0.717, 1.165) is 36.8 Å². The third-order valence-electron chi connectivity index (χ3n) is 5.27. The molecule has 1 aromatic carbocycles. The number of allylic oxidation sites excluding steroid dienone is 2. The van der Waals surface area contributed by atoms with Gasteiger partial charge in [-0.15, -0.1) is 0 Å². The molecule has 2 aliphatic rings. The maximum absolute atomic E-state index is 12.9. The van der Waals surface area contributed by atoms with Crippen molar-refractivity contribution in [3.05, 3.63) is 47.5 Å². The molecular formula is C23H29NO5. The minimum Gasteiger partial charge on any atom is -0.444 e. The zero-order chi connectivity index (χ0) is 21.0. The number of esters is 1. The van der Waals surface area contributed by atoms with Crippen molar-refractivity contribution in [2.45, 2.75) is 71.8 Å². The fourth-order valence-corrected chi connectivity index (χ4v) is 3.71. The molecule has 1 heterocycles. The quantitative estimate of drug-likeness (QED) is 0.687. The second-order valence-electron chi connectivity index (χ2n) is 8.72. The monoisotopic (exact) mass is 399 g/mol. The van der Waals surface area contributed by atoms with Gasteiger partial charge in [0.15, 0.2) is 12.0 Å². The first-order valence-corrected chi connectivity index (χ1v) is 10.2. The van der Waals surface area contributed by atoms with Gasteiger partial charge in [-0.3, -0.25) is 9.69 Å². The van der Waals surface area contributed by atoms with Gasteiger partial charge in [-0.25, -0.2) is 9.59 Å². The number of ketones is 1. The molecule has 1 amide bonds. The number of ether oxygens (including phenoxy) is 2. The number of carbonyl (C=O) groups excluding carboxylic acids is 3. The maximum atomic E-state index is 12.9. The third kappa shape index (κ3) is 5.05. The Balaban J connectivity index is 1.77. The van der Waals surface area contributed by atoms with E-state index in [1.807, 2.05) is 57.2 Å². The smallest absolute Gasteiger partial charge is 0.413 e. The lowest BCUT2D eigenvalue weighted by molar-refractivity contribution is -0.147. The predicted molar refractivity (Wildman–Crippen MR) is 108 cm³/mol. The Morgan fingerprint density at radius 1 is 1.17 bits per heavy atom. The van der Waals surface area contributed by atoms with Gasteiger partial charge in [-0.05, 0) is 36.8 Å². The van der Waals surface area contributed by atoms with Gasteiger partial charge in [0, 0.05) is 11.8 Å². The number of nitrogens with zero attached hydrogens (tertiary/aromatic N) is 1. The fourth-order valence-electron chi connectivity index (χ4n) is 3.71. The van der Waals surface area contributed by atoms with Gasteiger partial charge in [-0.2, -0.15) is 0 Å². The number of Topliss-reactive ketones (excluding diaryl/α,β-unsaturated/α-hetero) is 1. The lowest BCUT2D eigenvalue weighted by atomic mass is 9.91.